The molecule has 6 aromatic carbocycles. The summed E-state index contributed by atoms with van der Waals surface area (Å²) in [6.45, 7) is 0. The highest BCUT2D eigenvalue weighted by atomic mass is 15.3. The minimum Gasteiger partial charge on any atom is -0.333 e. The number of imidazole rings is 1. The van der Waals surface area contributed by atoms with Crippen molar-refractivity contribution >= 4 is 22.7 Å². The zero-order valence-electron chi connectivity index (χ0n) is 25.4. The Hall–Kier alpha value is -6.07. The number of amidine groups is 2. The third-order valence-electron chi connectivity index (χ3n) is 8.46. The van der Waals surface area contributed by atoms with E-state index in [2.05, 4.69) is 144 Å². The van der Waals surface area contributed by atoms with Gasteiger partial charge in [-0.25, -0.2) is 15.0 Å². The second kappa shape index (κ2) is 11.8. The zero-order chi connectivity index (χ0) is 30.9. The molecule has 7 aromatic rings. The Morgan fingerprint density at radius 2 is 1.13 bits per heavy atom. The number of para-hydroxylation sites is 3. The first kappa shape index (κ1) is 27.5. The number of hydrogen-bond acceptors (Lipinski definition) is 4. The summed E-state index contributed by atoms with van der Waals surface area (Å²) in [6.07, 6.45) is -0.185. The third-order valence-corrected chi connectivity index (χ3v) is 8.46. The maximum absolute atomic E-state index is 5.17. The highest BCUT2D eigenvalue weighted by molar-refractivity contribution is 6.13. The van der Waals surface area contributed by atoms with Gasteiger partial charge in [0, 0.05) is 29.4 Å². The van der Waals surface area contributed by atoms with Crippen molar-refractivity contribution in [2.45, 2.75) is 6.17 Å². The van der Waals surface area contributed by atoms with Crippen LogP contribution in [0.15, 0.2) is 174 Å². The maximum Gasteiger partial charge on any atom is 0.159 e. The minimum absolute atomic E-state index is 0.185. The molecule has 0 radical (unpaired) electrons. The van der Waals surface area contributed by atoms with Crippen molar-refractivity contribution in [2.75, 3.05) is 7.05 Å². The van der Waals surface area contributed by atoms with Crippen LogP contribution in [0.5, 0.6) is 0 Å². The Balaban J connectivity index is 1.17. The van der Waals surface area contributed by atoms with E-state index < -0.39 is 0 Å². The number of fused-ring (bicyclic) bond motifs is 1. The van der Waals surface area contributed by atoms with Crippen molar-refractivity contribution in [3.05, 3.63) is 180 Å². The van der Waals surface area contributed by atoms with Gasteiger partial charge in [-0.2, -0.15) is 0 Å². The Morgan fingerprint density at radius 3 is 1.89 bits per heavy atom. The van der Waals surface area contributed by atoms with Crippen LogP contribution in [0, 0.1) is 0 Å². The lowest BCUT2D eigenvalue weighted by atomic mass is 10.0. The minimum atomic E-state index is -0.185. The van der Waals surface area contributed by atoms with Crippen molar-refractivity contribution in [1.29, 1.82) is 0 Å². The molecule has 0 N–H and O–H groups in total. The number of nitrogens with zero attached hydrogens (tertiary/aromatic N) is 5. The van der Waals surface area contributed by atoms with Crippen LogP contribution >= 0.6 is 0 Å². The first-order valence-corrected chi connectivity index (χ1v) is 15.5. The predicted molar refractivity (Wildman–Crippen MR) is 188 cm³/mol. The van der Waals surface area contributed by atoms with Crippen LogP contribution in [0.2, 0.25) is 0 Å². The van der Waals surface area contributed by atoms with Crippen LogP contribution in [0.1, 0.15) is 22.9 Å². The highest BCUT2D eigenvalue weighted by Gasteiger charge is 2.26. The van der Waals surface area contributed by atoms with Gasteiger partial charge in [0.25, 0.3) is 0 Å². The monoisotopic (exact) mass is 593 g/mol. The number of hydrogen-bond donors (Lipinski definition) is 0. The summed E-state index contributed by atoms with van der Waals surface area (Å²) >= 11 is 0. The van der Waals surface area contributed by atoms with E-state index >= 15 is 0 Å². The molecule has 1 aliphatic rings. The van der Waals surface area contributed by atoms with E-state index in [1.165, 1.54) is 0 Å². The quantitative estimate of drug-likeness (QED) is 0.193. The lowest BCUT2D eigenvalue weighted by molar-refractivity contribution is 0.383. The van der Waals surface area contributed by atoms with E-state index in [0.29, 0.717) is 0 Å². The van der Waals surface area contributed by atoms with Crippen LogP contribution in [0.3, 0.4) is 0 Å². The standard InChI is InChI=1S/C41H31N5/c1-45-39(30-14-5-2-6-15-30)43-38(44-40(45)31-16-7-3-8-17-31)34-19-13-18-33(28-34)29-24-26-32(27-25-29)41-42-36-22-11-12-23-37(36)46(41)35-20-9-4-10-21-35/h2-28,39H,1H3. The van der Waals surface area contributed by atoms with Gasteiger partial charge in [0.15, 0.2) is 5.84 Å². The molecule has 0 saturated heterocycles. The van der Waals surface area contributed by atoms with Crippen LogP contribution in [-0.4, -0.2) is 33.2 Å². The van der Waals surface area contributed by atoms with Gasteiger partial charge in [-0.05, 0) is 47.0 Å². The molecule has 1 aromatic heterocycles. The van der Waals surface area contributed by atoms with Gasteiger partial charge in [0.05, 0.1) is 11.0 Å². The summed E-state index contributed by atoms with van der Waals surface area (Å²) in [4.78, 5) is 17.5. The lowest BCUT2D eigenvalue weighted by Crippen LogP contribution is -2.35. The van der Waals surface area contributed by atoms with E-state index in [1.807, 2.05) is 36.4 Å². The Bertz CT molecular complexity index is 2200. The summed E-state index contributed by atoms with van der Waals surface area (Å²) in [7, 11) is 2.06. The Morgan fingerprint density at radius 1 is 0.522 bits per heavy atom. The van der Waals surface area contributed by atoms with Crippen LogP contribution < -0.4 is 0 Å². The second-order valence-corrected chi connectivity index (χ2v) is 11.4. The molecule has 0 amide bonds. The molecule has 5 nitrogen and oxygen atoms in total. The summed E-state index contributed by atoms with van der Waals surface area (Å²) in [6, 6.07) is 56.6. The topological polar surface area (TPSA) is 45.8 Å². The lowest BCUT2D eigenvalue weighted by Gasteiger charge is -2.32. The number of aromatic nitrogens is 2. The van der Waals surface area contributed by atoms with Crippen molar-refractivity contribution in [3.8, 4) is 28.2 Å². The maximum atomic E-state index is 5.17. The van der Waals surface area contributed by atoms with Crippen LogP contribution in [0.25, 0.3) is 39.2 Å². The molecular formula is C41H31N5. The molecule has 0 aliphatic carbocycles. The van der Waals surface area contributed by atoms with E-state index in [-0.39, 0.29) is 6.17 Å². The fourth-order valence-corrected chi connectivity index (χ4v) is 6.15. The van der Waals surface area contributed by atoms with E-state index in [4.69, 9.17) is 15.0 Å². The first-order chi connectivity index (χ1) is 22.7. The second-order valence-electron chi connectivity index (χ2n) is 11.4. The normalized spacial score (nSPS) is 14.6. The van der Waals surface area contributed by atoms with Gasteiger partial charge >= 0.3 is 0 Å². The van der Waals surface area contributed by atoms with Gasteiger partial charge in [-0.15, -0.1) is 0 Å². The molecule has 1 aliphatic heterocycles. The van der Waals surface area contributed by atoms with Crippen molar-refractivity contribution in [2.24, 2.45) is 9.98 Å². The summed E-state index contributed by atoms with van der Waals surface area (Å²) in [5.41, 5.74) is 9.60. The number of aliphatic imine (C=N–C) groups is 2. The molecule has 220 valence electrons. The smallest absolute Gasteiger partial charge is 0.159 e. The predicted octanol–water partition coefficient (Wildman–Crippen LogP) is 9.20. The van der Waals surface area contributed by atoms with Crippen molar-refractivity contribution < 1.29 is 0 Å². The molecule has 0 bridgehead atoms. The Labute approximate surface area is 268 Å². The fourth-order valence-electron chi connectivity index (χ4n) is 6.15. The molecule has 46 heavy (non-hydrogen) atoms. The molecule has 0 fully saturated rings. The third kappa shape index (κ3) is 5.08. The SMILES string of the molecule is CN1C(c2ccccc2)=NC(c2cccc(-c3ccc(-c4nc5ccccc5n4-c4ccccc4)cc3)c2)=NC1c1ccccc1. The number of benzene rings is 6. The molecule has 0 spiro atoms. The molecule has 1 unspecified atom stereocenters. The average Bonchev–Trinajstić information content (AvgIpc) is 3.53. The van der Waals surface area contributed by atoms with Crippen molar-refractivity contribution in [3.63, 3.8) is 0 Å². The van der Waals surface area contributed by atoms with Gasteiger partial charge in [-0.1, -0.05) is 133 Å². The van der Waals surface area contributed by atoms with E-state index in [9.17, 15) is 0 Å². The zero-order valence-corrected chi connectivity index (χ0v) is 25.4. The van der Waals surface area contributed by atoms with E-state index in [0.717, 1.165) is 67.6 Å². The highest BCUT2D eigenvalue weighted by Crippen LogP contribution is 2.32. The summed E-state index contributed by atoms with van der Waals surface area (Å²) in [5.74, 6) is 2.54. The molecule has 2 heterocycles. The largest absolute Gasteiger partial charge is 0.333 e. The van der Waals surface area contributed by atoms with Gasteiger partial charge < -0.3 is 4.90 Å². The Kier molecular flexibility index (Phi) is 7.04. The van der Waals surface area contributed by atoms with Crippen LogP contribution in [-0.2, 0) is 0 Å². The van der Waals surface area contributed by atoms with Crippen molar-refractivity contribution in [1.82, 2.24) is 14.5 Å². The molecular weight excluding hydrogens is 562 g/mol. The average molecular weight is 594 g/mol. The molecule has 5 heteroatoms. The van der Waals surface area contributed by atoms with Gasteiger partial charge in [0.1, 0.15) is 17.8 Å². The van der Waals surface area contributed by atoms with E-state index in [1.54, 1.807) is 0 Å². The molecule has 1 atom stereocenters. The van der Waals surface area contributed by atoms with Crippen LogP contribution in [0.4, 0.5) is 0 Å². The fraction of sp³-hybridized carbons (Fsp3) is 0.0488. The van der Waals surface area contributed by atoms with Gasteiger partial charge in [0.2, 0.25) is 0 Å². The summed E-state index contributed by atoms with van der Waals surface area (Å²) < 4.78 is 2.23. The molecule has 8 rings (SSSR count). The molecule has 0 saturated carbocycles. The first-order valence-electron chi connectivity index (χ1n) is 15.5. The number of rotatable bonds is 6. The van der Waals surface area contributed by atoms with Gasteiger partial charge in [-0.3, -0.25) is 4.57 Å². The summed E-state index contributed by atoms with van der Waals surface area (Å²) in [5, 5.41) is 0.